The topological polar surface area (TPSA) is 0 Å². The van der Waals surface area contributed by atoms with Crippen LogP contribution < -0.4 is 0 Å². The molecule has 1 atom stereocenters. The van der Waals surface area contributed by atoms with Crippen LogP contribution in [0.3, 0.4) is 0 Å². The molecule has 2 aromatic rings. The van der Waals surface area contributed by atoms with E-state index in [-0.39, 0.29) is 16.1 Å². The van der Waals surface area contributed by atoms with Crippen LogP contribution in [0.2, 0.25) is 5.02 Å². The largest absolute Gasteiger partial charge is 0.207 e. The molecular formula is C13H6Cl2F4. The molecule has 6 heteroatoms. The van der Waals surface area contributed by atoms with E-state index in [2.05, 4.69) is 0 Å². The fraction of sp³-hybridized carbons (Fsp3) is 0.0769. The van der Waals surface area contributed by atoms with Crippen LogP contribution in [0.15, 0.2) is 30.3 Å². The second-order valence-electron chi connectivity index (χ2n) is 3.82. The quantitative estimate of drug-likeness (QED) is 0.405. The van der Waals surface area contributed by atoms with Gasteiger partial charge < -0.3 is 0 Å². The highest BCUT2D eigenvalue weighted by Crippen LogP contribution is 2.33. The lowest BCUT2D eigenvalue weighted by Crippen LogP contribution is -2.00. The van der Waals surface area contributed by atoms with E-state index in [0.717, 1.165) is 6.07 Å². The van der Waals surface area contributed by atoms with Crippen LogP contribution in [0, 0.1) is 23.3 Å². The fourth-order valence-corrected chi connectivity index (χ4v) is 2.00. The minimum Gasteiger partial charge on any atom is -0.207 e. The highest BCUT2D eigenvalue weighted by Gasteiger charge is 2.19. The summed E-state index contributed by atoms with van der Waals surface area (Å²) in [7, 11) is 0. The van der Waals surface area contributed by atoms with E-state index in [1.165, 1.54) is 12.1 Å². The average molecular weight is 309 g/mol. The molecule has 1 unspecified atom stereocenters. The Hall–Kier alpha value is -1.26. The molecule has 0 radical (unpaired) electrons. The summed E-state index contributed by atoms with van der Waals surface area (Å²) in [6, 6.07) is 4.69. The lowest BCUT2D eigenvalue weighted by Gasteiger charge is -2.12. The second kappa shape index (κ2) is 5.39. The summed E-state index contributed by atoms with van der Waals surface area (Å²) in [6.07, 6.45) is 0. The Morgan fingerprint density at radius 3 is 2.05 bits per heavy atom. The first kappa shape index (κ1) is 14.2. The first-order valence-electron chi connectivity index (χ1n) is 5.13. The van der Waals surface area contributed by atoms with E-state index < -0.39 is 28.6 Å². The molecule has 0 aromatic heterocycles. The Kier molecular flexibility index (Phi) is 4.02. The maximum Gasteiger partial charge on any atom is 0.161 e. The maximum absolute atomic E-state index is 13.5. The molecule has 0 aliphatic heterocycles. The second-order valence-corrected chi connectivity index (χ2v) is 4.67. The summed E-state index contributed by atoms with van der Waals surface area (Å²) < 4.78 is 52.7. The van der Waals surface area contributed by atoms with Gasteiger partial charge in [0.25, 0.3) is 0 Å². The summed E-state index contributed by atoms with van der Waals surface area (Å²) >= 11 is 11.5. The third-order valence-electron chi connectivity index (χ3n) is 2.55. The van der Waals surface area contributed by atoms with Crippen LogP contribution in [-0.2, 0) is 0 Å². The van der Waals surface area contributed by atoms with Crippen molar-refractivity contribution in [3.8, 4) is 0 Å². The number of hydrogen-bond acceptors (Lipinski definition) is 0. The van der Waals surface area contributed by atoms with Gasteiger partial charge in [0.05, 0.1) is 10.4 Å². The third kappa shape index (κ3) is 2.85. The van der Waals surface area contributed by atoms with Gasteiger partial charge in [-0.2, -0.15) is 0 Å². The van der Waals surface area contributed by atoms with Gasteiger partial charge in [-0.05, 0) is 23.8 Å². The molecule has 19 heavy (non-hydrogen) atoms. The summed E-state index contributed by atoms with van der Waals surface area (Å²) in [4.78, 5) is 0. The van der Waals surface area contributed by atoms with Gasteiger partial charge in [0, 0.05) is 11.6 Å². The molecule has 100 valence electrons. The summed E-state index contributed by atoms with van der Waals surface area (Å²) in [5, 5.41) is -1.26. The first-order valence-corrected chi connectivity index (χ1v) is 5.95. The van der Waals surface area contributed by atoms with Gasteiger partial charge in [-0.15, -0.1) is 11.6 Å². The van der Waals surface area contributed by atoms with Gasteiger partial charge in [-0.1, -0.05) is 17.7 Å². The molecule has 0 saturated carbocycles. The van der Waals surface area contributed by atoms with Crippen molar-refractivity contribution in [3.05, 3.63) is 69.8 Å². The van der Waals surface area contributed by atoms with E-state index in [4.69, 9.17) is 23.2 Å². The van der Waals surface area contributed by atoms with Crippen molar-refractivity contribution >= 4 is 23.2 Å². The Balaban J connectivity index is 2.46. The number of benzene rings is 2. The van der Waals surface area contributed by atoms with Gasteiger partial charge in [-0.3, -0.25) is 0 Å². The lowest BCUT2D eigenvalue weighted by molar-refractivity contribution is 0.490. The van der Waals surface area contributed by atoms with Crippen molar-refractivity contribution in [1.82, 2.24) is 0 Å². The van der Waals surface area contributed by atoms with E-state index >= 15 is 0 Å². The van der Waals surface area contributed by atoms with Crippen LogP contribution in [0.25, 0.3) is 0 Å². The van der Waals surface area contributed by atoms with Gasteiger partial charge in [0.2, 0.25) is 0 Å². The number of rotatable bonds is 2. The minimum atomic E-state index is -1.31. The summed E-state index contributed by atoms with van der Waals surface area (Å²) in [5.74, 6) is -4.27. The van der Waals surface area contributed by atoms with Crippen molar-refractivity contribution in [1.29, 1.82) is 0 Å². The van der Waals surface area contributed by atoms with Crippen LogP contribution in [0.4, 0.5) is 17.6 Å². The van der Waals surface area contributed by atoms with Crippen molar-refractivity contribution in [2.75, 3.05) is 0 Å². The monoisotopic (exact) mass is 308 g/mol. The van der Waals surface area contributed by atoms with Crippen molar-refractivity contribution < 1.29 is 17.6 Å². The molecule has 0 saturated heterocycles. The SMILES string of the molecule is Fc1cc(F)c(C(Cl)c2ccc(Cl)c(F)c2)cc1F. The van der Waals surface area contributed by atoms with Gasteiger partial charge >= 0.3 is 0 Å². The first-order chi connectivity index (χ1) is 8.90. The Morgan fingerprint density at radius 2 is 1.42 bits per heavy atom. The Labute approximate surface area is 116 Å². The summed E-state index contributed by atoms with van der Waals surface area (Å²) in [6.45, 7) is 0. The number of alkyl halides is 1. The smallest absolute Gasteiger partial charge is 0.161 e. The molecule has 0 aliphatic carbocycles. The van der Waals surface area contributed by atoms with E-state index in [0.29, 0.717) is 12.1 Å². The molecule has 0 nitrogen and oxygen atoms in total. The van der Waals surface area contributed by atoms with E-state index in [9.17, 15) is 17.6 Å². The molecule has 0 fully saturated rings. The molecule has 0 N–H and O–H groups in total. The molecule has 0 bridgehead atoms. The molecule has 0 aliphatic rings. The van der Waals surface area contributed by atoms with Crippen molar-refractivity contribution in [2.45, 2.75) is 5.38 Å². The Morgan fingerprint density at radius 1 is 0.789 bits per heavy atom. The predicted molar refractivity (Wildman–Crippen MR) is 65.4 cm³/mol. The van der Waals surface area contributed by atoms with Crippen LogP contribution >= 0.6 is 23.2 Å². The number of hydrogen-bond donors (Lipinski definition) is 0. The standard InChI is InChI=1S/C13H6Cl2F4/c14-8-2-1-6(3-10(8)17)13(15)7-4-11(18)12(19)5-9(7)16/h1-5,13H. The van der Waals surface area contributed by atoms with Crippen LogP contribution in [0.5, 0.6) is 0 Å². The Bertz CT molecular complexity index is 628. The highest BCUT2D eigenvalue weighted by atomic mass is 35.5. The van der Waals surface area contributed by atoms with Crippen molar-refractivity contribution in [3.63, 3.8) is 0 Å². The molecule has 0 spiro atoms. The zero-order valence-corrected chi connectivity index (χ0v) is 10.7. The lowest BCUT2D eigenvalue weighted by atomic mass is 10.0. The molecule has 2 aromatic carbocycles. The van der Waals surface area contributed by atoms with Crippen molar-refractivity contribution in [2.24, 2.45) is 0 Å². The molecular weight excluding hydrogens is 303 g/mol. The summed E-state index contributed by atoms with van der Waals surface area (Å²) in [5.41, 5.74) is -0.0873. The fourth-order valence-electron chi connectivity index (χ4n) is 1.58. The third-order valence-corrected chi connectivity index (χ3v) is 3.34. The molecule has 2 rings (SSSR count). The van der Waals surface area contributed by atoms with Gasteiger partial charge in [-0.25, -0.2) is 17.6 Å². The normalized spacial score (nSPS) is 12.5. The van der Waals surface area contributed by atoms with E-state index in [1.54, 1.807) is 0 Å². The minimum absolute atomic E-state index is 0.113. The maximum atomic E-state index is 13.5. The van der Waals surface area contributed by atoms with Crippen LogP contribution in [-0.4, -0.2) is 0 Å². The number of halogens is 6. The average Bonchev–Trinajstić information content (AvgIpc) is 2.36. The van der Waals surface area contributed by atoms with Crippen LogP contribution in [0.1, 0.15) is 16.5 Å². The van der Waals surface area contributed by atoms with E-state index in [1.807, 2.05) is 0 Å². The van der Waals surface area contributed by atoms with Gasteiger partial charge in [0.15, 0.2) is 11.6 Å². The zero-order chi connectivity index (χ0) is 14.2. The zero-order valence-electron chi connectivity index (χ0n) is 9.23. The highest BCUT2D eigenvalue weighted by molar-refractivity contribution is 6.30. The molecule has 0 amide bonds. The molecule has 0 heterocycles. The van der Waals surface area contributed by atoms with Gasteiger partial charge in [0.1, 0.15) is 11.6 Å². The predicted octanol–water partition coefficient (Wildman–Crippen LogP) is 5.22.